The summed E-state index contributed by atoms with van der Waals surface area (Å²) < 4.78 is 0. The molecule has 2 rings (SSSR count). The number of benzene rings is 1. The van der Waals surface area contributed by atoms with Crippen LogP contribution in [-0.4, -0.2) is 4.98 Å². The van der Waals surface area contributed by atoms with Crippen LogP contribution >= 0.6 is 22.9 Å². The van der Waals surface area contributed by atoms with Gasteiger partial charge in [-0.25, -0.2) is 4.98 Å². The van der Waals surface area contributed by atoms with Gasteiger partial charge >= 0.3 is 0 Å². The van der Waals surface area contributed by atoms with Crippen LogP contribution in [0.5, 0.6) is 0 Å². The Bertz CT molecular complexity index is 496. The van der Waals surface area contributed by atoms with E-state index >= 15 is 0 Å². The van der Waals surface area contributed by atoms with Crippen molar-refractivity contribution in [3.05, 3.63) is 39.3 Å². The third kappa shape index (κ3) is 2.65. The Morgan fingerprint density at radius 1 is 1.50 bits per heavy atom. The van der Waals surface area contributed by atoms with Gasteiger partial charge in [0.25, 0.3) is 0 Å². The molecule has 3 N–H and O–H groups in total. The molecular weight excluding hydrogens is 242 g/mol. The van der Waals surface area contributed by atoms with E-state index in [0.717, 1.165) is 17.2 Å². The number of aryl methyl sites for hydroxylation is 1. The Morgan fingerprint density at radius 2 is 2.31 bits per heavy atom. The normalized spacial score (nSPS) is 10.4. The third-order valence-electron chi connectivity index (χ3n) is 2.12. The highest BCUT2D eigenvalue weighted by Crippen LogP contribution is 2.25. The Balaban J connectivity index is 2.04. The Labute approximate surface area is 103 Å². The summed E-state index contributed by atoms with van der Waals surface area (Å²) in [6.07, 6.45) is 1.87. The maximum atomic E-state index is 6.05. The minimum atomic E-state index is 0.640. The van der Waals surface area contributed by atoms with Crippen molar-refractivity contribution < 1.29 is 0 Å². The number of halogens is 1. The van der Waals surface area contributed by atoms with Crippen molar-refractivity contribution in [1.29, 1.82) is 0 Å². The summed E-state index contributed by atoms with van der Waals surface area (Å²) in [5.74, 6) is 0. The maximum absolute atomic E-state index is 6.05. The van der Waals surface area contributed by atoms with Gasteiger partial charge in [-0.3, -0.25) is 0 Å². The Hall–Kier alpha value is -1.26. The van der Waals surface area contributed by atoms with Crippen molar-refractivity contribution in [2.75, 3.05) is 11.1 Å². The number of hydrogen-bond donors (Lipinski definition) is 2. The summed E-state index contributed by atoms with van der Waals surface area (Å²) in [7, 11) is 0. The summed E-state index contributed by atoms with van der Waals surface area (Å²) in [4.78, 5) is 5.38. The topological polar surface area (TPSA) is 50.9 Å². The summed E-state index contributed by atoms with van der Waals surface area (Å²) in [5.41, 5.74) is 7.18. The number of nitrogen functional groups attached to an aromatic ring is 1. The molecular formula is C11H12ClN3S. The van der Waals surface area contributed by atoms with E-state index in [4.69, 9.17) is 17.3 Å². The molecule has 0 saturated heterocycles. The van der Waals surface area contributed by atoms with E-state index in [0.29, 0.717) is 10.7 Å². The second-order valence-corrected chi connectivity index (χ2v) is 5.16. The van der Waals surface area contributed by atoms with Crippen molar-refractivity contribution in [1.82, 2.24) is 4.98 Å². The first-order valence-corrected chi connectivity index (χ1v) is 6.05. The molecule has 1 aromatic carbocycles. The first-order chi connectivity index (χ1) is 7.65. The van der Waals surface area contributed by atoms with Crippen LogP contribution < -0.4 is 11.1 Å². The number of thiazole rings is 1. The van der Waals surface area contributed by atoms with Gasteiger partial charge in [-0.2, -0.15) is 0 Å². The fourth-order valence-electron chi connectivity index (χ4n) is 1.34. The fraction of sp³-hybridized carbons (Fsp3) is 0.182. The average molecular weight is 254 g/mol. The van der Waals surface area contributed by atoms with Gasteiger partial charge in [0.15, 0.2) is 0 Å². The first-order valence-electron chi connectivity index (χ1n) is 4.85. The molecule has 3 nitrogen and oxygen atoms in total. The molecule has 0 saturated carbocycles. The number of rotatable bonds is 3. The highest BCUT2D eigenvalue weighted by molar-refractivity contribution is 7.11. The summed E-state index contributed by atoms with van der Waals surface area (Å²) in [6.45, 7) is 2.72. The van der Waals surface area contributed by atoms with Gasteiger partial charge in [0.2, 0.25) is 0 Å². The zero-order chi connectivity index (χ0) is 11.5. The van der Waals surface area contributed by atoms with Crippen LogP contribution in [-0.2, 0) is 6.54 Å². The van der Waals surface area contributed by atoms with E-state index in [1.807, 2.05) is 25.3 Å². The number of anilines is 2. The third-order valence-corrected chi connectivity index (χ3v) is 3.34. The molecule has 0 atom stereocenters. The molecule has 0 amide bonds. The van der Waals surface area contributed by atoms with Crippen molar-refractivity contribution in [2.24, 2.45) is 0 Å². The van der Waals surface area contributed by atoms with Gasteiger partial charge in [-0.1, -0.05) is 11.6 Å². The summed E-state index contributed by atoms with van der Waals surface area (Å²) in [6, 6.07) is 5.44. The smallest absolute Gasteiger partial charge is 0.0897 e. The maximum Gasteiger partial charge on any atom is 0.0897 e. The molecule has 0 aliphatic heterocycles. The monoisotopic (exact) mass is 253 g/mol. The number of hydrogen-bond acceptors (Lipinski definition) is 4. The lowest BCUT2D eigenvalue weighted by Crippen LogP contribution is -1.98. The van der Waals surface area contributed by atoms with Crippen LogP contribution in [0.4, 0.5) is 11.4 Å². The number of nitrogens with zero attached hydrogens (tertiary/aromatic N) is 1. The molecule has 0 aliphatic carbocycles. The van der Waals surface area contributed by atoms with Gasteiger partial charge in [0.05, 0.1) is 22.3 Å². The molecule has 0 aliphatic rings. The Kier molecular flexibility index (Phi) is 3.31. The van der Waals surface area contributed by atoms with Crippen LogP contribution in [0.1, 0.15) is 9.88 Å². The molecule has 84 valence electrons. The van der Waals surface area contributed by atoms with Gasteiger partial charge in [-0.05, 0) is 25.1 Å². The lowest BCUT2D eigenvalue weighted by atomic mass is 10.3. The zero-order valence-electron chi connectivity index (χ0n) is 8.83. The second-order valence-electron chi connectivity index (χ2n) is 3.44. The number of nitrogens with one attached hydrogen (secondary N) is 1. The molecule has 1 heterocycles. The fourth-order valence-corrected chi connectivity index (χ4v) is 2.33. The van der Waals surface area contributed by atoms with Gasteiger partial charge in [0, 0.05) is 16.8 Å². The molecule has 0 unspecified atom stereocenters. The van der Waals surface area contributed by atoms with Crippen LogP contribution in [0.2, 0.25) is 5.02 Å². The van der Waals surface area contributed by atoms with Crippen molar-refractivity contribution in [3.63, 3.8) is 0 Å². The highest BCUT2D eigenvalue weighted by atomic mass is 35.5. The van der Waals surface area contributed by atoms with E-state index in [2.05, 4.69) is 10.3 Å². The SMILES string of the molecule is Cc1ncc(CNc2ccc(N)cc2Cl)s1. The quantitative estimate of drug-likeness (QED) is 0.826. The minimum absolute atomic E-state index is 0.640. The molecule has 0 fully saturated rings. The van der Waals surface area contributed by atoms with E-state index in [1.54, 1.807) is 17.4 Å². The molecule has 0 spiro atoms. The predicted molar refractivity (Wildman–Crippen MR) is 70.0 cm³/mol. The summed E-state index contributed by atoms with van der Waals surface area (Å²) in [5, 5.41) is 4.96. The van der Waals surface area contributed by atoms with E-state index in [-0.39, 0.29) is 0 Å². The average Bonchev–Trinajstić information content (AvgIpc) is 2.63. The van der Waals surface area contributed by atoms with E-state index < -0.39 is 0 Å². The van der Waals surface area contributed by atoms with Crippen LogP contribution in [0.3, 0.4) is 0 Å². The summed E-state index contributed by atoms with van der Waals surface area (Å²) >= 11 is 7.72. The first kappa shape index (κ1) is 11.2. The van der Waals surface area contributed by atoms with Crippen LogP contribution in [0, 0.1) is 6.92 Å². The van der Waals surface area contributed by atoms with Crippen molar-refractivity contribution in [2.45, 2.75) is 13.5 Å². The molecule has 2 aromatic rings. The van der Waals surface area contributed by atoms with Gasteiger partial charge in [-0.15, -0.1) is 11.3 Å². The van der Waals surface area contributed by atoms with Gasteiger partial charge in [0.1, 0.15) is 0 Å². The molecule has 0 bridgehead atoms. The minimum Gasteiger partial charge on any atom is -0.399 e. The standard InChI is InChI=1S/C11H12ClN3S/c1-7-14-5-9(16-7)6-15-11-3-2-8(13)4-10(11)12/h2-5,15H,6,13H2,1H3. The molecule has 16 heavy (non-hydrogen) atoms. The van der Waals surface area contributed by atoms with Gasteiger partial charge < -0.3 is 11.1 Å². The Morgan fingerprint density at radius 3 is 2.94 bits per heavy atom. The number of aromatic nitrogens is 1. The van der Waals surface area contributed by atoms with Crippen molar-refractivity contribution in [3.8, 4) is 0 Å². The van der Waals surface area contributed by atoms with Crippen LogP contribution in [0.15, 0.2) is 24.4 Å². The van der Waals surface area contributed by atoms with Crippen molar-refractivity contribution >= 4 is 34.3 Å². The lowest BCUT2D eigenvalue weighted by Gasteiger charge is -2.07. The molecule has 1 aromatic heterocycles. The number of nitrogens with two attached hydrogens (primary N) is 1. The lowest BCUT2D eigenvalue weighted by molar-refractivity contribution is 1.17. The largest absolute Gasteiger partial charge is 0.399 e. The highest BCUT2D eigenvalue weighted by Gasteiger charge is 2.02. The molecule has 0 radical (unpaired) electrons. The van der Waals surface area contributed by atoms with Crippen LogP contribution in [0.25, 0.3) is 0 Å². The second kappa shape index (κ2) is 4.72. The molecule has 5 heteroatoms. The zero-order valence-corrected chi connectivity index (χ0v) is 10.4. The van der Waals surface area contributed by atoms with E-state index in [9.17, 15) is 0 Å². The van der Waals surface area contributed by atoms with E-state index in [1.165, 1.54) is 4.88 Å². The predicted octanol–water partition coefficient (Wildman–Crippen LogP) is 3.30.